The normalized spacial score (nSPS) is 11.3. The lowest BCUT2D eigenvalue weighted by Crippen LogP contribution is -2.29. The van der Waals surface area contributed by atoms with Crippen molar-refractivity contribution in [2.45, 2.75) is 12.5 Å². The van der Waals surface area contributed by atoms with Crippen molar-refractivity contribution >= 4 is 11.6 Å². The van der Waals surface area contributed by atoms with Crippen LogP contribution in [-0.4, -0.2) is 30.9 Å². The maximum atomic E-state index is 11.4. The molecule has 0 spiro atoms. The van der Waals surface area contributed by atoms with Crippen LogP contribution in [0.4, 0.5) is 5.69 Å². The van der Waals surface area contributed by atoms with E-state index in [0.717, 1.165) is 5.69 Å². The minimum absolute atomic E-state index is 0.0602. The molecule has 0 radical (unpaired) electrons. The number of amides is 1. The number of carbonyl (C=O) groups is 1. The van der Waals surface area contributed by atoms with Gasteiger partial charge in [0, 0.05) is 19.8 Å². The molecular weight excluding hydrogens is 202 g/mol. The Kier molecular flexibility index (Phi) is 4.34. The molecule has 1 aromatic carbocycles. The highest BCUT2D eigenvalue weighted by molar-refractivity contribution is 5.77. The zero-order valence-electron chi connectivity index (χ0n) is 9.47. The quantitative estimate of drug-likeness (QED) is 0.830. The van der Waals surface area contributed by atoms with Crippen LogP contribution in [0.2, 0.25) is 0 Å². The maximum absolute atomic E-state index is 11.4. The number of anilines is 1. The number of rotatable bonds is 4. The molecule has 0 aliphatic carbocycles. The lowest BCUT2D eigenvalue weighted by molar-refractivity contribution is -0.128. The summed E-state index contributed by atoms with van der Waals surface area (Å²) in [6, 6.07) is 11.0. The fourth-order valence-corrected chi connectivity index (χ4v) is 1.22. The van der Waals surface area contributed by atoms with Crippen LogP contribution in [0.1, 0.15) is 6.42 Å². The van der Waals surface area contributed by atoms with Crippen LogP contribution < -0.4 is 5.32 Å². The molecule has 1 aromatic rings. The van der Waals surface area contributed by atoms with E-state index in [9.17, 15) is 4.79 Å². The molecule has 0 saturated heterocycles. The van der Waals surface area contributed by atoms with Gasteiger partial charge in [-0.15, -0.1) is 0 Å². The van der Waals surface area contributed by atoms with Crippen LogP contribution in [0.25, 0.3) is 0 Å². The zero-order valence-corrected chi connectivity index (χ0v) is 9.47. The summed E-state index contributed by atoms with van der Waals surface area (Å²) < 4.78 is 0. The third kappa shape index (κ3) is 3.62. The van der Waals surface area contributed by atoms with Crippen molar-refractivity contribution in [3.63, 3.8) is 0 Å². The van der Waals surface area contributed by atoms with Gasteiger partial charge < -0.3 is 10.2 Å². The molecule has 0 saturated carbocycles. The molecule has 1 N–H and O–H groups in total. The highest BCUT2D eigenvalue weighted by atomic mass is 16.2. The first kappa shape index (κ1) is 12.1. The molecule has 1 amide bonds. The van der Waals surface area contributed by atoms with Crippen LogP contribution in [0.3, 0.4) is 0 Å². The number of carbonyl (C=O) groups excluding carboxylic acids is 1. The van der Waals surface area contributed by atoms with Gasteiger partial charge in [-0.1, -0.05) is 18.2 Å². The standard InChI is InChI=1S/C12H15N3O/c1-15(2)12(16)8-11(9-13)14-10-6-4-3-5-7-10/h3-7,11,14H,8H2,1-2H3. The first-order valence-corrected chi connectivity index (χ1v) is 5.05. The predicted molar refractivity (Wildman–Crippen MR) is 62.8 cm³/mol. The van der Waals surface area contributed by atoms with E-state index < -0.39 is 6.04 Å². The van der Waals surface area contributed by atoms with Gasteiger partial charge in [0.2, 0.25) is 5.91 Å². The third-order valence-electron chi connectivity index (χ3n) is 2.15. The molecule has 1 rings (SSSR count). The minimum atomic E-state index is -0.489. The van der Waals surface area contributed by atoms with Gasteiger partial charge in [0.05, 0.1) is 12.5 Å². The van der Waals surface area contributed by atoms with E-state index in [1.807, 2.05) is 30.3 Å². The summed E-state index contributed by atoms with van der Waals surface area (Å²) in [5, 5.41) is 11.9. The minimum Gasteiger partial charge on any atom is -0.369 e. The Hall–Kier alpha value is -2.02. The van der Waals surface area contributed by atoms with Crippen molar-refractivity contribution in [1.82, 2.24) is 4.90 Å². The lowest BCUT2D eigenvalue weighted by atomic mass is 10.2. The second-order valence-corrected chi connectivity index (χ2v) is 3.68. The Morgan fingerprint density at radius 2 is 2.06 bits per heavy atom. The Morgan fingerprint density at radius 3 is 2.56 bits per heavy atom. The number of nitrogens with one attached hydrogen (secondary N) is 1. The van der Waals surface area contributed by atoms with Crippen LogP contribution in [0, 0.1) is 11.3 Å². The van der Waals surface area contributed by atoms with Crippen molar-refractivity contribution < 1.29 is 4.79 Å². The smallest absolute Gasteiger partial charge is 0.225 e. The van der Waals surface area contributed by atoms with E-state index in [2.05, 4.69) is 11.4 Å². The van der Waals surface area contributed by atoms with Crippen molar-refractivity contribution in [3.05, 3.63) is 30.3 Å². The van der Waals surface area contributed by atoms with Crippen molar-refractivity contribution in [2.75, 3.05) is 19.4 Å². The molecule has 0 aliphatic heterocycles. The van der Waals surface area contributed by atoms with Gasteiger partial charge in [-0.05, 0) is 12.1 Å². The summed E-state index contributed by atoms with van der Waals surface area (Å²) in [7, 11) is 3.36. The Balaban J connectivity index is 2.57. The molecule has 0 fully saturated rings. The fraction of sp³-hybridized carbons (Fsp3) is 0.333. The lowest BCUT2D eigenvalue weighted by Gasteiger charge is -2.15. The fourth-order valence-electron chi connectivity index (χ4n) is 1.22. The molecule has 4 nitrogen and oxygen atoms in total. The molecule has 4 heteroatoms. The maximum Gasteiger partial charge on any atom is 0.225 e. The van der Waals surface area contributed by atoms with Gasteiger partial charge in [0.25, 0.3) is 0 Å². The highest BCUT2D eigenvalue weighted by Crippen LogP contribution is 2.08. The summed E-state index contributed by atoms with van der Waals surface area (Å²) in [4.78, 5) is 12.9. The molecule has 0 bridgehead atoms. The third-order valence-corrected chi connectivity index (χ3v) is 2.15. The number of nitrogens with zero attached hydrogens (tertiary/aromatic N) is 2. The number of para-hydroxylation sites is 1. The second kappa shape index (κ2) is 5.76. The Bertz CT molecular complexity index is 381. The van der Waals surface area contributed by atoms with Gasteiger partial charge in [-0.25, -0.2) is 0 Å². The van der Waals surface area contributed by atoms with E-state index >= 15 is 0 Å². The Labute approximate surface area is 95.5 Å². The average Bonchev–Trinajstić information content (AvgIpc) is 2.29. The number of hydrogen-bond acceptors (Lipinski definition) is 3. The monoisotopic (exact) mass is 217 g/mol. The Morgan fingerprint density at radius 1 is 1.44 bits per heavy atom. The largest absolute Gasteiger partial charge is 0.369 e. The predicted octanol–water partition coefficient (Wildman–Crippen LogP) is 1.47. The average molecular weight is 217 g/mol. The van der Waals surface area contributed by atoms with Gasteiger partial charge >= 0.3 is 0 Å². The first-order valence-electron chi connectivity index (χ1n) is 5.05. The van der Waals surface area contributed by atoms with Crippen LogP contribution in [0.15, 0.2) is 30.3 Å². The van der Waals surface area contributed by atoms with Crippen molar-refractivity contribution in [1.29, 1.82) is 5.26 Å². The molecule has 0 aromatic heterocycles. The number of nitriles is 1. The molecule has 16 heavy (non-hydrogen) atoms. The molecule has 1 unspecified atom stereocenters. The molecule has 1 atom stereocenters. The highest BCUT2D eigenvalue weighted by Gasteiger charge is 2.13. The van der Waals surface area contributed by atoms with E-state index in [1.54, 1.807) is 14.1 Å². The van der Waals surface area contributed by atoms with Gasteiger partial charge in [-0.2, -0.15) is 5.26 Å². The molecular formula is C12H15N3O. The van der Waals surface area contributed by atoms with Crippen LogP contribution in [0.5, 0.6) is 0 Å². The van der Waals surface area contributed by atoms with Gasteiger partial charge in [-0.3, -0.25) is 4.79 Å². The SMILES string of the molecule is CN(C)C(=O)CC(C#N)Nc1ccccc1. The summed E-state index contributed by atoms with van der Waals surface area (Å²) in [6.45, 7) is 0. The summed E-state index contributed by atoms with van der Waals surface area (Å²) in [5.74, 6) is -0.0602. The first-order chi connectivity index (χ1) is 7.63. The molecule has 84 valence electrons. The summed E-state index contributed by atoms with van der Waals surface area (Å²) >= 11 is 0. The van der Waals surface area contributed by atoms with E-state index in [-0.39, 0.29) is 12.3 Å². The van der Waals surface area contributed by atoms with E-state index in [4.69, 9.17) is 5.26 Å². The zero-order chi connectivity index (χ0) is 12.0. The van der Waals surface area contributed by atoms with Crippen LogP contribution in [-0.2, 0) is 4.79 Å². The molecule has 0 heterocycles. The van der Waals surface area contributed by atoms with Crippen LogP contribution >= 0.6 is 0 Å². The summed E-state index contributed by atoms with van der Waals surface area (Å²) in [6.07, 6.45) is 0.179. The van der Waals surface area contributed by atoms with E-state index in [0.29, 0.717) is 0 Å². The molecule has 0 aliphatic rings. The second-order valence-electron chi connectivity index (χ2n) is 3.68. The van der Waals surface area contributed by atoms with Crippen molar-refractivity contribution in [2.24, 2.45) is 0 Å². The van der Waals surface area contributed by atoms with Gasteiger partial charge in [0.15, 0.2) is 0 Å². The number of benzene rings is 1. The van der Waals surface area contributed by atoms with Gasteiger partial charge in [0.1, 0.15) is 6.04 Å². The summed E-state index contributed by atoms with van der Waals surface area (Å²) in [5.41, 5.74) is 0.848. The number of hydrogen-bond donors (Lipinski definition) is 1. The topological polar surface area (TPSA) is 56.1 Å². The van der Waals surface area contributed by atoms with Crippen molar-refractivity contribution in [3.8, 4) is 6.07 Å². The van der Waals surface area contributed by atoms with E-state index in [1.165, 1.54) is 4.90 Å².